The summed E-state index contributed by atoms with van der Waals surface area (Å²) in [5.41, 5.74) is 6.17. The SMILES string of the molecule is CN(C)C1(CNC(=O)C2CCCC2N)CCCCC1. The van der Waals surface area contributed by atoms with Crippen LogP contribution in [0.5, 0.6) is 0 Å². The predicted octanol–water partition coefficient (Wildman–Crippen LogP) is 1.49. The quantitative estimate of drug-likeness (QED) is 0.811. The van der Waals surface area contributed by atoms with E-state index >= 15 is 0 Å². The summed E-state index contributed by atoms with van der Waals surface area (Å²) in [4.78, 5) is 14.6. The van der Waals surface area contributed by atoms with Crippen LogP contribution in [0.2, 0.25) is 0 Å². The lowest BCUT2D eigenvalue weighted by Gasteiger charge is -2.43. The van der Waals surface area contributed by atoms with Gasteiger partial charge in [0, 0.05) is 18.1 Å². The molecule has 4 heteroatoms. The molecule has 0 aromatic heterocycles. The molecular formula is C15H29N3O. The minimum Gasteiger partial charge on any atom is -0.354 e. The molecule has 110 valence electrons. The topological polar surface area (TPSA) is 58.4 Å². The van der Waals surface area contributed by atoms with Gasteiger partial charge in [0.25, 0.3) is 0 Å². The van der Waals surface area contributed by atoms with E-state index in [1.165, 1.54) is 32.1 Å². The fraction of sp³-hybridized carbons (Fsp3) is 0.933. The van der Waals surface area contributed by atoms with Crippen LogP contribution in [0.25, 0.3) is 0 Å². The molecule has 0 heterocycles. The first-order valence-electron chi connectivity index (χ1n) is 7.76. The molecule has 0 aromatic rings. The van der Waals surface area contributed by atoms with Crippen LogP contribution in [0, 0.1) is 5.92 Å². The highest BCUT2D eigenvalue weighted by Crippen LogP contribution is 2.32. The highest BCUT2D eigenvalue weighted by molar-refractivity contribution is 5.79. The molecule has 1 amide bonds. The minimum atomic E-state index is 0.0443. The van der Waals surface area contributed by atoms with Crippen LogP contribution in [0.15, 0.2) is 0 Å². The largest absolute Gasteiger partial charge is 0.354 e. The molecule has 2 atom stereocenters. The molecule has 0 bridgehead atoms. The van der Waals surface area contributed by atoms with Crippen molar-refractivity contribution in [3.8, 4) is 0 Å². The maximum Gasteiger partial charge on any atom is 0.224 e. The van der Waals surface area contributed by atoms with Crippen LogP contribution >= 0.6 is 0 Å². The van der Waals surface area contributed by atoms with Crippen LogP contribution in [0.3, 0.4) is 0 Å². The number of nitrogens with one attached hydrogen (secondary N) is 1. The Kier molecular flexibility index (Phi) is 4.85. The maximum absolute atomic E-state index is 12.3. The zero-order valence-corrected chi connectivity index (χ0v) is 12.5. The first-order valence-corrected chi connectivity index (χ1v) is 7.76. The Morgan fingerprint density at radius 2 is 1.89 bits per heavy atom. The third kappa shape index (κ3) is 3.29. The lowest BCUT2D eigenvalue weighted by molar-refractivity contribution is -0.125. The van der Waals surface area contributed by atoms with Crippen molar-refractivity contribution in [1.29, 1.82) is 0 Å². The van der Waals surface area contributed by atoms with Crippen molar-refractivity contribution in [3.63, 3.8) is 0 Å². The van der Waals surface area contributed by atoms with Crippen molar-refractivity contribution in [2.75, 3.05) is 20.6 Å². The van der Waals surface area contributed by atoms with Gasteiger partial charge in [-0.2, -0.15) is 0 Å². The lowest BCUT2D eigenvalue weighted by Crippen LogP contribution is -2.55. The van der Waals surface area contributed by atoms with Gasteiger partial charge in [0.05, 0.1) is 5.92 Å². The summed E-state index contributed by atoms with van der Waals surface area (Å²) in [5.74, 6) is 0.222. The van der Waals surface area contributed by atoms with Gasteiger partial charge in [-0.1, -0.05) is 25.7 Å². The molecular weight excluding hydrogens is 238 g/mol. The first-order chi connectivity index (χ1) is 9.05. The van der Waals surface area contributed by atoms with E-state index in [1.54, 1.807) is 0 Å². The fourth-order valence-electron chi connectivity index (χ4n) is 3.69. The molecule has 3 N–H and O–H groups in total. The van der Waals surface area contributed by atoms with E-state index < -0.39 is 0 Å². The number of likely N-dealkylation sites (N-methyl/N-ethyl adjacent to an activating group) is 1. The third-order valence-electron chi connectivity index (χ3n) is 5.23. The number of amides is 1. The Balaban J connectivity index is 1.90. The van der Waals surface area contributed by atoms with Crippen molar-refractivity contribution >= 4 is 5.91 Å². The summed E-state index contributed by atoms with van der Waals surface area (Å²) >= 11 is 0. The molecule has 2 rings (SSSR count). The van der Waals surface area contributed by atoms with Gasteiger partial charge in [0.15, 0.2) is 0 Å². The average Bonchev–Trinajstić information content (AvgIpc) is 2.83. The van der Waals surface area contributed by atoms with Crippen LogP contribution in [-0.4, -0.2) is 43.0 Å². The van der Waals surface area contributed by atoms with Gasteiger partial charge in [-0.15, -0.1) is 0 Å². The zero-order valence-electron chi connectivity index (χ0n) is 12.5. The number of carbonyl (C=O) groups is 1. The number of nitrogens with two attached hydrogens (primary N) is 1. The summed E-state index contributed by atoms with van der Waals surface area (Å²) in [5, 5.41) is 3.19. The van der Waals surface area contributed by atoms with Gasteiger partial charge < -0.3 is 16.0 Å². The fourth-order valence-corrected chi connectivity index (χ4v) is 3.69. The Morgan fingerprint density at radius 1 is 1.21 bits per heavy atom. The lowest BCUT2D eigenvalue weighted by atomic mass is 9.80. The van der Waals surface area contributed by atoms with Gasteiger partial charge in [0.1, 0.15) is 0 Å². The van der Waals surface area contributed by atoms with E-state index in [0.717, 1.165) is 25.8 Å². The molecule has 2 fully saturated rings. The van der Waals surface area contributed by atoms with Crippen molar-refractivity contribution in [3.05, 3.63) is 0 Å². The predicted molar refractivity (Wildman–Crippen MR) is 77.8 cm³/mol. The second kappa shape index (κ2) is 6.23. The van der Waals surface area contributed by atoms with E-state index in [2.05, 4.69) is 24.3 Å². The number of hydrogen-bond donors (Lipinski definition) is 2. The molecule has 4 nitrogen and oxygen atoms in total. The van der Waals surface area contributed by atoms with Gasteiger partial charge in [-0.25, -0.2) is 0 Å². The Bertz CT molecular complexity index is 311. The van der Waals surface area contributed by atoms with Crippen molar-refractivity contribution < 1.29 is 4.79 Å². The molecule has 2 saturated carbocycles. The van der Waals surface area contributed by atoms with Crippen LogP contribution in [0.1, 0.15) is 51.4 Å². The van der Waals surface area contributed by atoms with Gasteiger partial charge >= 0.3 is 0 Å². The molecule has 19 heavy (non-hydrogen) atoms. The van der Waals surface area contributed by atoms with Crippen molar-refractivity contribution in [2.24, 2.45) is 11.7 Å². The third-order valence-corrected chi connectivity index (χ3v) is 5.23. The molecule has 2 aliphatic carbocycles. The standard InChI is InChI=1S/C15H29N3O/c1-18(2)15(9-4-3-5-10-15)11-17-14(19)12-7-6-8-13(12)16/h12-13H,3-11,16H2,1-2H3,(H,17,19). The second-order valence-corrected chi connectivity index (χ2v) is 6.60. The Hall–Kier alpha value is -0.610. The highest BCUT2D eigenvalue weighted by atomic mass is 16.1. The summed E-state index contributed by atoms with van der Waals surface area (Å²) in [6, 6.07) is 0.0710. The summed E-state index contributed by atoms with van der Waals surface area (Å²) in [6.45, 7) is 0.780. The van der Waals surface area contributed by atoms with E-state index in [4.69, 9.17) is 5.73 Å². The molecule has 0 aliphatic heterocycles. The smallest absolute Gasteiger partial charge is 0.224 e. The van der Waals surface area contributed by atoms with Gasteiger partial charge in [-0.3, -0.25) is 4.79 Å². The van der Waals surface area contributed by atoms with Gasteiger partial charge in [-0.05, 0) is 39.8 Å². The first kappa shape index (κ1) is 14.8. The van der Waals surface area contributed by atoms with Crippen LogP contribution in [0.4, 0.5) is 0 Å². The van der Waals surface area contributed by atoms with Crippen molar-refractivity contribution in [2.45, 2.75) is 62.9 Å². The number of rotatable bonds is 4. The molecule has 0 aromatic carbocycles. The Morgan fingerprint density at radius 3 is 2.42 bits per heavy atom. The molecule has 2 unspecified atom stereocenters. The molecule has 2 aliphatic rings. The van der Waals surface area contributed by atoms with Crippen molar-refractivity contribution in [1.82, 2.24) is 10.2 Å². The normalized spacial score (nSPS) is 30.5. The zero-order chi connectivity index (χ0) is 13.9. The summed E-state index contributed by atoms with van der Waals surface area (Å²) in [6.07, 6.45) is 9.32. The monoisotopic (exact) mass is 267 g/mol. The number of carbonyl (C=O) groups excluding carboxylic acids is 1. The van der Waals surface area contributed by atoms with Gasteiger partial charge in [0.2, 0.25) is 5.91 Å². The van der Waals surface area contributed by atoms with E-state index in [0.29, 0.717) is 0 Å². The van der Waals surface area contributed by atoms with Crippen LogP contribution in [-0.2, 0) is 4.79 Å². The molecule has 0 spiro atoms. The summed E-state index contributed by atoms with van der Waals surface area (Å²) in [7, 11) is 4.28. The average molecular weight is 267 g/mol. The number of hydrogen-bond acceptors (Lipinski definition) is 3. The van der Waals surface area contributed by atoms with Crippen LogP contribution < -0.4 is 11.1 Å². The number of nitrogens with zero attached hydrogens (tertiary/aromatic N) is 1. The second-order valence-electron chi connectivity index (χ2n) is 6.60. The van der Waals surface area contributed by atoms with E-state index in [1.807, 2.05) is 0 Å². The van der Waals surface area contributed by atoms with E-state index in [9.17, 15) is 4.79 Å². The molecule has 0 saturated heterocycles. The summed E-state index contributed by atoms with van der Waals surface area (Å²) < 4.78 is 0. The minimum absolute atomic E-state index is 0.0443. The van der Waals surface area contributed by atoms with E-state index in [-0.39, 0.29) is 23.4 Å². The maximum atomic E-state index is 12.3. The Labute approximate surface area is 117 Å². The highest BCUT2D eigenvalue weighted by Gasteiger charge is 2.36. The molecule has 0 radical (unpaired) electrons.